The Labute approximate surface area is 119 Å². The van der Waals surface area contributed by atoms with Gasteiger partial charge in [-0.2, -0.15) is 5.26 Å². The van der Waals surface area contributed by atoms with E-state index in [1.165, 1.54) is 31.9 Å². The summed E-state index contributed by atoms with van der Waals surface area (Å²) in [6, 6.07) is 6.05. The number of halogens is 1. The molecule has 0 bridgehead atoms. The first kappa shape index (κ1) is 13.4. The summed E-state index contributed by atoms with van der Waals surface area (Å²) >= 11 is 0. The average Bonchev–Trinajstić information content (AvgIpc) is 2.87. The summed E-state index contributed by atoms with van der Waals surface area (Å²) in [6.07, 6.45) is 4.89. The monoisotopic (exact) mass is 273 g/mol. The van der Waals surface area contributed by atoms with E-state index in [2.05, 4.69) is 10.2 Å². The van der Waals surface area contributed by atoms with Crippen molar-refractivity contribution >= 4 is 5.69 Å². The van der Waals surface area contributed by atoms with Crippen molar-refractivity contribution in [2.24, 2.45) is 0 Å². The van der Waals surface area contributed by atoms with Crippen molar-refractivity contribution in [3.05, 3.63) is 29.1 Å². The van der Waals surface area contributed by atoms with E-state index in [-0.39, 0.29) is 5.82 Å². The normalized spacial score (nSPS) is 26.1. The Morgan fingerprint density at radius 2 is 2.15 bits per heavy atom. The Morgan fingerprint density at radius 1 is 1.30 bits per heavy atom. The van der Waals surface area contributed by atoms with Crippen LogP contribution in [0.5, 0.6) is 0 Å². The molecular weight excluding hydrogens is 253 g/mol. The molecule has 4 heteroatoms. The molecule has 3 nitrogen and oxygen atoms in total. The maximum absolute atomic E-state index is 13.8. The van der Waals surface area contributed by atoms with E-state index < -0.39 is 0 Å². The Bertz CT molecular complexity index is 549. The molecule has 0 amide bonds. The van der Waals surface area contributed by atoms with E-state index in [0.29, 0.717) is 23.2 Å². The molecule has 0 aromatic heterocycles. The van der Waals surface area contributed by atoms with Gasteiger partial charge in [0.1, 0.15) is 5.82 Å². The van der Waals surface area contributed by atoms with Crippen molar-refractivity contribution in [1.82, 2.24) is 4.90 Å². The zero-order valence-electron chi connectivity index (χ0n) is 11.8. The predicted molar refractivity (Wildman–Crippen MR) is 77.1 cm³/mol. The molecule has 2 aliphatic rings. The highest BCUT2D eigenvalue weighted by atomic mass is 19.1. The molecule has 0 saturated carbocycles. The van der Waals surface area contributed by atoms with Crippen LogP contribution in [0.15, 0.2) is 12.1 Å². The van der Waals surface area contributed by atoms with Gasteiger partial charge in [0.05, 0.1) is 11.6 Å². The van der Waals surface area contributed by atoms with Gasteiger partial charge in [0.25, 0.3) is 0 Å². The first-order valence-electron chi connectivity index (χ1n) is 7.40. The second kappa shape index (κ2) is 5.41. The van der Waals surface area contributed by atoms with Gasteiger partial charge in [-0.25, -0.2) is 4.39 Å². The number of piperidine rings is 1. The lowest BCUT2D eigenvalue weighted by Gasteiger charge is -2.33. The molecule has 1 aromatic carbocycles. The largest absolute Gasteiger partial charge is 0.380 e. The molecule has 1 aromatic rings. The number of nitrogens with one attached hydrogen (secondary N) is 1. The number of rotatable bonds is 2. The number of benzene rings is 1. The molecule has 20 heavy (non-hydrogen) atoms. The third-order valence-corrected chi connectivity index (χ3v) is 4.67. The van der Waals surface area contributed by atoms with E-state index in [1.807, 2.05) is 6.07 Å². The van der Waals surface area contributed by atoms with Crippen LogP contribution < -0.4 is 5.32 Å². The topological polar surface area (TPSA) is 39.1 Å². The number of hydrogen-bond acceptors (Lipinski definition) is 3. The van der Waals surface area contributed by atoms with Crippen LogP contribution in [0.3, 0.4) is 0 Å². The zero-order valence-corrected chi connectivity index (χ0v) is 11.8. The van der Waals surface area contributed by atoms with Gasteiger partial charge in [-0.05, 0) is 44.9 Å². The fraction of sp³-hybridized carbons (Fsp3) is 0.562. The molecule has 2 heterocycles. The standard InChI is InChI=1S/C16H20FN3/c1-11-13(17)8-12(10-18)9-15(11)19-14-5-7-20-6-3-2-4-16(14)20/h8-9,14,16,19H,2-7H2,1H3. The van der Waals surface area contributed by atoms with Crippen LogP contribution in [0, 0.1) is 24.1 Å². The first-order valence-corrected chi connectivity index (χ1v) is 7.40. The Morgan fingerprint density at radius 3 is 2.95 bits per heavy atom. The van der Waals surface area contributed by atoms with Gasteiger partial charge in [0.2, 0.25) is 0 Å². The minimum Gasteiger partial charge on any atom is -0.380 e. The summed E-state index contributed by atoms with van der Waals surface area (Å²) < 4.78 is 13.8. The molecule has 1 N–H and O–H groups in total. The van der Waals surface area contributed by atoms with Crippen molar-refractivity contribution in [1.29, 1.82) is 5.26 Å². The van der Waals surface area contributed by atoms with E-state index >= 15 is 0 Å². The highest BCUT2D eigenvalue weighted by molar-refractivity contribution is 5.56. The third kappa shape index (κ3) is 2.38. The van der Waals surface area contributed by atoms with Gasteiger partial charge in [-0.3, -0.25) is 4.90 Å². The number of fused-ring (bicyclic) bond motifs is 1. The molecule has 106 valence electrons. The van der Waals surface area contributed by atoms with Crippen molar-refractivity contribution in [3.8, 4) is 6.07 Å². The highest BCUT2D eigenvalue weighted by Gasteiger charge is 2.35. The lowest BCUT2D eigenvalue weighted by Crippen LogP contribution is -2.41. The second-order valence-electron chi connectivity index (χ2n) is 5.88. The van der Waals surface area contributed by atoms with Crippen LogP contribution in [0.25, 0.3) is 0 Å². The number of nitrogens with zero attached hydrogens (tertiary/aromatic N) is 2. The SMILES string of the molecule is Cc1c(F)cc(C#N)cc1NC1CCN2CCCCC12. The Balaban J connectivity index is 1.81. The lowest BCUT2D eigenvalue weighted by molar-refractivity contribution is 0.192. The van der Waals surface area contributed by atoms with Crippen LogP contribution in [0.4, 0.5) is 10.1 Å². The van der Waals surface area contributed by atoms with Gasteiger partial charge in [-0.1, -0.05) is 6.42 Å². The second-order valence-corrected chi connectivity index (χ2v) is 5.88. The Kier molecular flexibility index (Phi) is 3.62. The molecule has 0 spiro atoms. The third-order valence-electron chi connectivity index (χ3n) is 4.67. The fourth-order valence-electron chi connectivity index (χ4n) is 3.51. The van der Waals surface area contributed by atoms with E-state index in [0.717, 1.165) is 18.7 Å². The number of hydrogen-bond donors (Lipinski definition) is 1. The fourth-order valence-corrected chi connectivity index (χ4v) is 3.51. The van der Waals surface area contributed by atoms with Crippen LogP contribution in [-0.2, 0) is 0 Å². The lowest BCUT2D eigenvalue weighted by atomic mass is 9.98. The van der Waals surface area contributed by atoms with Crippen molar-refractivity contribution in [2.45, 2.75) is 44.7 Å². The molecule has 2 atom stereocenters. The van der Waals surface area contributed by atoms with Gasteiger partial charge in [-0.15, -0.1) is 0 Å². The van der Waals surface area contributed by atoms with Crippen molar-refractivity contribution < 1.29 is 4.39 Å². The predicted octanol–water partition coefficient (Wildman–Crippen LogP) is 3.04. The quantitative estimate of drug-likeness (QED) is 0.900. The molecule has 2 fully saturated rings. The van der Waals surface area contributed by atoms with Crippen LogP contribution in [0.2, 0.25) is 0 Å². The van der Waals surface area contributed by atoms with Crippen molar-refractivity contribution in [2.75, 3.05) is 18.4 Å². The average molecular weight is 273 g/mol. The van der Waals surface area contributed by atoms with E-state index in [1.54, 1.807) is 13.0 Å². The van der Waals surface area contributed by atoms with Gasteiger partial charge >= 0.3 is 0 Å². The molecule has 3 rings (SSSR count). The summed E-state index contributed by atoms with van der Waals surface area (Å²) in [4.78, 5) is 2.54. The van der Waals surface area contributed by atoms with Crippen LogP contribution in [-0.4, -0.2) is 30.1 Å². The summed E-state index contributed by atoms with van der Waals surface area (Å²) in [5.41, 5.74) is 1.77. The number of nitriles is 1. The summed E-state index contributed by atoms with van der Waals surface area (Å²) in [6.45, 7) is 4.09. The Hall–Kier alpha value is -1.60. The molecule has 2 saturated heterocycles. The maximum atomic E-state index is 13.8. The molecule has 2 aliphatic heterocycles. The minimum atomic E-state index is -0.301. The van der Waals surface area contributed by atoms with Crippen LogP contribution >= 0.6 is 0 Å². The molecule has 2 unspecified atom stereocenters. The summed E-state index contributed by atoms with van der Waals surface area (Å²) in [5, 5.41) is 12.5. The van der Waals surface area contributed by atoms with Crippen LogP contribution in [0.1, 0.15) is 36.8 Å². The minimum absolute atomic E-state index is 0.301. The smallest absolute Gasteiger partial charge is 0.129 e. The van der Waals surface area contributed by atoms with E-state index in [9.17, 15) is 4.39 Å². The van der Waals surface area contributed by atoms with Gasteiger partial charge in [0.15, 0.2) is 0 Å². The van der Waals surface area contributed by atoms with Crippen molar-refractivity contribution in [3.63, 3.8) is 0 Å². The first-order chi connectivity index (χ1) is 9.69. The van der Waals surface area contributed by atoms with Gasteiger partial charge in [0, 0.05) is 29.9 Å². The maximum Gasteiger partial charge on any atom is 0.129 e. The molecule has 0 aliphatic carbocycles. The van der Waals surface area contributed by atoms with E-state index in [4.69, 9.17) is 5.26 Å². The summed E-state index contributed by atoms with van der Waals surface area (Å²) in [7, 11) is 0. The van der Waals surface area contributed by atoms with Gasteiger partial charge < -0.3 is 5.32 Å². The molecule has 0 radical (unpaired) electrons. The number of anilines is 1. The highest BCUT2D eigenvalue weighted by Crippen LogP contribution is 2.31. The zero-order chi connectivity index (χ0) is 14.1. The molecular formula is C16H20FN3. The summed E-state index contributed by atoms with van der Waals surface area (Å²) in [5.74, 6) is -0.301.